The summed E-state index contributed by atoms with van der Waals surface area (Å²) in [5.41, 5.74) is 8.92. The molecular weight excluding hydrogens is 220 g/mol. The minimum absolute atomic E-state index is 0.766. The molecule has 0 radical (unpaired) electrons. The smallest absolute Gasteiger partial charge is 0.121 e. The lowest BCUT2D eigenvalue weighted by Crippen LogP contribution is -1.90. The Balaban J connectivity index is 2.49. The van der Waals surface area contributed by atoms with E-state index < -0.39 is 0 Å². The van der Waals surface area contributed by atoms with Gasteiger partial charge in [-0.2, -0.15) is 0 Å². The first-order valence-electron chi connectivity index (χ1n) is 4.99. The summed E-state index contributed by atoms with van der Waals surface area (Å²) < 4.78 is 5.22. The number of benzene rings is 1. The molecule has 4 heteroatoms. The van der Waals surface area contributed by atoms with Gasteiger partial charge in [0, 0.05) is 5.56 Å². The van der Waals surface area contributed by atoms with Crippen molar-refractivity contribution in [3.63, 3.8) is 0 Å². The van der Waals surface area contributed by atoms with E-state index in [4.69, 9.17) is 10.5 Å². The van der Waals surface area contributed by atoms with E-state index in [1.807, 2.05) is 32.0 Å². The van der Waals surface area contributed by atoms with Gasteiger partial charge in [0.25, 0.3) is 0 Å². The van der Waals surface area contributed by atoms with Gasteiger partial charge >= 0.3 is 0 Å². The Morgan fingerprint density at radius 3 is 2.56 bits per heavy atom. The van der Waals surface area contributed by atoms with Crippen molar-refractivity contribution in [1.29, 1.82) is 0 Å². The van der Waals surface area contributed by atoms with Crippen molar-refractivity contribution >= 4 is 16.3 Å². The molecule has 0 atom stereocenters. The maximum absolute atomic E-state index is 5.92. The van der Waals surface area contributed by atoms with Gasteiger partial charge < -0.3 is 10.5 Å². The molecule has 0 aliphatic carbocycles. The van der Waals surface area contributed by atoms with Gasteiger partial charge in [-0.3, -0.25) is 0 Å². The fourth-order valence-corrected chi connectivity index (χ4v) is 2.39. The Labute approximate surface area is 98.9 Å². The summed E-state index contributed by atoms with van der Waals surface area (Å²) in [6.07, 6.45) is 0. The van der Waals surface area contributed by atoms with Gasteiger partial charge in [0.05, 0.1) is 12.1 Å². The molecule has 1 heterocycles. The normalized spacial score (nSPS) is 10.4. The van der Waals surface area contributed by atoms with E-state index in [0.29, 0.717) is 0 Å². The van der Waals surface area contributed by atoms with Crippen molar-refractivity contribution in [2.75, 3.05) is 12.8 Å². The molecule has 16 heavy (non-hydrogen) atoms. The van der Waals surface area contributed by atoms with Crippen LogP contribution >= 0.6 is 11.3 Å². The predicted octanol–water partition coefficient (Wildman–Crippen LogP) is 3.02. The molecule has 0 aliphatic heterocycles. The van der Waals surface area contributed by atoms with Gasteiger partial charge in [-0.05, 0) is 37.6 Å². The van der Waals surface area contributed by atoms with Crippen LogP contribution in [0.15, 0.2) is 18.2 Å². The highest BCUT2D eigenvalue weighted by Gasteiger charge is 2.09. The van der Waals surface area contributed by atoms with Crippen molar-refractivity contribution in [3.05, 3.63) is 28.8 Å². The number of aromatic nitrogens is 1. The van der Waals surface area contributed by atoms with Crippen molar-refractivity contribution in [1.82, 2.24) is 4.98 Å². The molecule has 0 spiro atoms. The maximum Gasteiger partial charge on any atom is 0.121 e. The highest BCUT2D eigenvalue weighted by molar-refractivity contribution is 7.16. The molecule has 0 bridgehead atoms. The number of hydrogen-bond donors (Lipinski definition) is 1. The van der Waals surface area contributed by atoms with Crippen LogP contribution in [0.2, 0.25) is 0 Å². The summed E-state index contributed by atoms with van der Waals surface area (Å²) in [6.45, 7) is 3.97. The molecule has 1 aromatic heterocycles. The molecular formula is C12H14N2OS. The standard InChI is InChI=1S/C12H14N2OS/c1-7-6-9(4-5-10(7)15-3)11-12(13)16-8(2)14-11/h4-6H,13H2,1-3H3. The highest BCUT2D eigenvalue weighted by atomic mass is 32.1. The minimum Gasteiger partial charge on any atom is -0.496 e. The van der Waals surface area contributed by atoms with E-state index in [2.05, 4.69) is 4.98 Å². The van der Waals surface area contributed by atoms with Gasteiger partial charge in [-0.15, -0.1) is 11.3 Å². The Hall–Kier alpha value is -1.55. The summed E-state index contributed by atoms with van der Waals surface area (Å²) >= 11 is 1.52. The number of nitrogen functional groups attached to an aromatic ring is 1. The van der Waals surface area contributed by atoms with Crippen molar-refractivity contribution in [2.24, 2.45) is 0 Å². The number of hydrogen-bond acceptors (Lipinski definition) is 4. The summed E-state index contributed by atoms with van der Waals surface area (Å²) in [4.78, 5) is 4.43. The Bertz CT molecular complexity index is 520. The number of rotatable bonds is 2. The average molecular weight is 234 g/mol. The van der Waals surface area contributed by atoms with Crippen molar-refractivity contribution < 1.29 is 4.74 Å². The monoisotopic (exact) mass is 234 g/mol. The van der Waals surface area contributed by atoms with E-state index in [1.54, 1.807) is 7.11 Å². The first-order valence-corrected chi connectivity index (χ1v) is 5.81. The molecule has 2 aromatic rings. The number of nitrogens with two attached hydrogens (primary N) is 1. The van der Waals surface area contributed by atoms with Gasteiger partial charge in [0.1, 0.15) is 16.4 Å². The molecule has 0 saturated carbocycles. The zero-order valence-corrected chi connectivity index (χ0v) is 10.4. The van der Waals surface area contributed by atoms with Crippen LogP contribution in [0.3, 0.4) is 0 Å². The summed E-state index contributed by atoms with van der Waals surface area (Å²) in [5.74, 6) is 0.884. The number of thiazole rings is 1. The second-order valence-corrected chi connectivity index (χ2v) is 4.86. The third kappa shape index (κ3) is 1.88. The minimum atomic E-state index is 0.766. The van der Waals surface area contributed by atoms with Crippen molar-refractivity contribution in [3.8, 4) is 17.0 Å². The topological polar surface area (TPSA) is 48.1 Å². The Morgan fingerprint density at radius 2 is 2.06 bits per heavy atom. The van der Waals surface area contributed by atoms with Crippen molar-refractivity contribution in [2.45, 2.75) is 13.8 Å². The number of methoxy groups -OCH3 is 1. The fourth-order valence-electron chi connectivity index (χ4n) is 1.68. The number of ether oxygens (including phenoxy) is 1. The number of aryl methyl sites for hydroxylation is 2. The number of nitrogens with zero attached hydrogens (tertiary/aromatic N) is 1. The van der Waals surface area contributed by atoms with Gasteiger partial charge in [0.15, 0.2) is 0 Å². The van der Waals surface area contributed by atoms with E-state index in [9.17, 15) is 0 Å². The quantitative estimate of drug-likeness (QED) is 0.869. The third-order valence-corrected chi connectivity index (χ3v) is 3.23. The zero-order chi connectivity index (χ0) is 11.7. The predicted molar refractivity (Wildman–Crippen MR) is 68.0 cm³/mol. The molecule has 2 N–H and O–H groups in total. The van der Waals surface area contributed by atoms with Crippen LogP contribution in [0.5, 0.6) is 5.75 Å². The molecule has 2 rings (SSSR count). The van der Waals surface area contributed by atoms with Crippen LogP contribution in [0.25, 0.3) is 11.3 Å². The third-order valence-electron chi connectivity index (χ3n) is 2.43. The molecule has 0 saturated heterocycles. The van der Waals surface area contributed by atoms with E-state index >= 15 is 0 Å². The summed E-state index contributed by atoms with van der Waals surface area (Å²) in [6, 6.07) is 5.97. The largest absolute Gasteiger partial charge is 0.496 e. The Kier molecular flexibility index (Phi) is 2.83. The van der Waals surface area contributed by atoms with Gasteiger partial charge in [0.2, 0.25) is 0 Å². The summed E-state index contributed by atoms with van der Waals surface area (Å²) in [5, 5.41) is 1.75. The second kappa shape index (κ2) is 4.14. The first kappa shape index (κ1) is 11.0. The van der Waals surface area contributed by atoms with E-state index in [-0.39, 0.29) is 0 Å². The van der Waals surface area contributed by atoms with Crippen LogP contribution in [0, 0.1) is 13.8 Å². The van der Waals surface area contributed by atoms with E-state index in [1.165, 1.54) is 11.3 Å². The van der Waals surface area contributed by atoms with Crippen LogP contribution in [-0.2, 0) is 0 Å². The summed E-state index contributed by atoms with van der Waals surface area (Å²) in [7, 11) is 1.67. The highest BCUT2D eigenvalue weighted by Crippen LogP contribution is 2.32. The molecule has 0 aliphatic rings. The second-order valence-electron chi connectivity index (χ2n) is 3.63. The molecule has 84 valence electrons. The van der Waals surface area contributed by atoms with E-state index in [0.717, 1.165) is 32.6 Å². The van der Waals surface area contributed by atoms with Crippen LogP contribution in [0.4, 0.5) is 5.00 Å². The van der Waals surface area contributed by atoms with Crippen LogP contribution < -0.4 is 10.5 Å². The van der Waals surface area contributed by atoms with Crippen LogP contribution in [-0.4, -0.2) is 12.1 Å². The van der Waals surface area contributed by atoms with Gasteiger partial charge in [-0.1, -0.05) is 0 Å². The SMILES string of the molecule is COc1ccc(-c2nc(C)sc2N)cc1C. The fraction of sp³-hybridized carbons (Fsp3) is 0.250. The lowest BCUT2D eigenvalue weighted by Gasteiger charge is -2.06. The van der Waals surface area contributed by atoms with Gasteiger partial charge in [-0.25, -0.2) is 4.98 Å². The molecule has 1 aromatic carbocycles. The lowest BCUT2D eigenvalue weighted by atomic mass is 10.1. The molecule has 0 amide bonds. The molecule has 3 nitrogen and oxygen atoms in total. The molecule has 0 fully saturated rings. The average Bonchev–Trinajstić information content (AvgIpc) is 2.58. The zero-order valence-electron chi connectivity index (χ0n) is 9.57. The molecule has 0 unspecified atom stereocenters. The number of anilines is 1. The van der Waals surface area contributed by atoms with Crippen LogP contribution in [0.1, 0.15) is 10.6 Å². The Morgan fingerprint density at radius 1 is 1.31 bits per heavy atom. The maximum atomic E-state index is 5.92. The first-order chi connectivity index (χ1) is 7.61. The lowest BCUT2D eigenvalue weighted by molar-refractivity contribution is 0.412.